The third kappa shape index (κ3) is 9.63. The number of allylic oxidation sites excluding steroid dienone is 1. The summed E-state index contributed by atoms with van der Waals surface area (Å²) in [6.07, 6.45) is -2.53. The molecule has 4 N–H and O–H groups in total. The van der Waals surface area contributed by atoms with Gasteiger partial charge >= 0.3 is 30.1 Å². The number of carboxylic acids is 2. The molecule has 1 aromatic heterocycles. The van der Waals surface area contributed by atoms with E-state index in [2.05, 4.69) is 17.2 Å². The highest BCUT2D eigenvalue weighted by atomic mass is 32.1. The number of hydrogen-bond acceptors (Lipinski definition) is 11. The zero-order chi connectivity index (χ0) is 43.5. The molecule has 59 heavy (non-hydrogen) atoms. The Labute approximate surface area is 345 Å². The maximum absolute atomic E-state index is 14.1. The summed E-state index contributed by atoms with van der Waals surface area (Å²) in [5.41, 5.74) is -4.15. The SMILES string of the molecule is C=C(CC1(C(=O)O)C(c2ccc(OC(=O)c3cccs3)c(OC)c2)C1(CC(=O)c1ccc(NC(=O)OC(C)(C)C)cc1)C(=O)O)c1ccc(NC(=O)OC(C)(C)C)cc1. The van der Waals surface area contributed by atoms with Gasteiger partial charge in [0.1, 0.15) is 21.5 Å². The maximum atomic E-state index is 14.1. The number of rotatable bonds is 14. The Hall–Kier alpha value is -6.48. The summed E-state index contributed by atoms with van der Waals surface area (Å²) in [6, 6.07) is 19.5. The molecule has 0 spiro atoms. The second-order valence-electron chi connectivity index (χ2n) is 16.1. The molecule has 0 aliphatic heterocycles. The molecule has 0 bridgehead atoms. The van der Waals surface area contributed by atoms with Gasteiger partial charge in [-0.05, 0) is 125 Å². The van der Waals surface area contributed by atoms with Crippen molar-refractivity contribution in [3.05, 3.63) is 112 Å². The standard InChI is InChI=1S/C44H46N2O12S/c1-25(26-11-16-29(17-12-26)45-39(53)57-41(2,3)4)23-43(37(49)50)35(28-15-20-32(33(22-28)55-8)56-36(48)34-10-9-21-59-34)44(43,38(51)52)24-31(47)27-13-18-30(19-14-27)46-40(54)58-42(5,6)7/h9-22,35H,1,23-24H2,2-8H3,(H,45,53)(H,46,54)(H,49,50)(H,51,52). The number of carbonyl (C=O) groups is 6. The largest absolute Gasteiger partial charge is 0.493 e. The highest BCUT2D eigenvalue weighted by Crippen LogP contribution is 2.79. The van der Waals surface area contributed by atoms with Gasteiger partial charge in [-0.25, -0.2) is 14.4 Å². The van der Waals surface area contributed by atoms with E-state index >= 15 is 0 Å². The van der Waals surface area contributed by atoms with Crippen molar-refractivity contribution in [2.45, 2.75) is 71.5 Å². The topological polar surface area (TPSA) is 204 Å². The number of nitrogens with one attached hydrogen (secondary N) is 2. The molecule has 5 rings (SSSR count). The van der Waals surface area contributed by atoms with E-state index in [9.17, 15) is 39.0 Å². The van der Waals surface area contributed by atoms with Crippen LogP contribution in [0.1, 0.15) is 91.5 Å². The fourth-order valence-electron chi connectivity index (χ4n) is 7.13. The van der Waals surface area contributed by atoms with E-state index in [1.165, 1.54) is 60.9 Å². The number of thiophene rings is 1. The summed E-state index contributed by atoms with van der Waals surface area (Å²) < 4.78 is 21.7. The third-order valence-corrected chi connectivity index (χ3v) is 10.5. The summed E-state index contributed by atoms with van der Waals surface area (Å²) in [5.74, 6) is -5.60. The van der Waals surface area contributed by atoms with Crippen LogP contribution in [0.2, 0.25) is 0 Å². The summed E-state index contributed by atoms with van der Waals surface area (Å²) >= 11 is 1.17. The molecule has 0 radical (unpaired) electrons. The Bertz CT molecular complexity index is 2160. The lowest BCUT2D eigenvalue weighted by Gasteiger charge is -2.21. The number of methoxy groups -OCH3 is 1. The van der Waals surface area contributed by atoms with Crippen LogP contribution in [0, 0.1) is 10.8 Å². The van der Waals surface area contributed by atoms with Crippen molar-refractivity contribution in [1.29, 1.82) is 0 Å². The fourth-order valence-corrected chi connectivity index (χ4v) is 7.73. The number of ketones is 1. The van der Waals surface area contributed by atoms with Crippen LogP contribution in [-0.2, 0) is 19.1 Å². The second kappa shape index (κ2) is 16.8. The van der Waals surface area contributed by atoms with E-state index in [1.807, 2.05) is 0 Å². The van der Waals surface area contributed by atoms with Crippen LogP contribution in [-0.4, -0.2) is 64.4 Å². The molecule has 15 heteroatoms. The number of hydrogen-bond donors (Lipinski definition) is 4. The van der Waals surface area contributed by atoms with Gasteiger partial charge in [-0.1, -0.05) is 30.8 Å². The number of aliphatic carboxylic acids is 2. The first-order valence-electron chi connectivity index (χ1n) is 18.4. The molecule has 1 fully saturated rings. The van der Waals surface area contributed by atoms with Crippen LogP contribution in [0.4, 0.5) is 21.0 Å². The number of benzene rings is 3. The Balaban J connectivity index is 1.51. The van der Waals surface area contributed by atoms with Crippen LogP contribution in [0.25, 0.3) is 5.57 Å². The summed E-state index contributed by atoms with van der Waals surface area (Å²) in [4.78, 5) is 79.2. The average molecular weight is 827 g/mol. The Morgan fingerprint density at radius 3 is 1.68 bits per heavy atom. The normalized spacial score (nSPS) is 18.5. The zero-order valence-corrected chi connectivity index (χ0v) is 34.5. The van der Waals surface area contributed by atoms with Crippen LogP contribution in [0.3, 0.4) is 0 Å². The molecule has 4 aromatic rings. The molecule has 1 heterocycles. The Morgan fingerprint density at radius 2 is 1.22 bits per heavy atom. The molecule has 1 saturated carbocycles. The number of esters is 1. The van der Waals surface area contributed by atoms with Gasteiger partial charge in [0.2, 0.25) is 0 Å². The van der Waals surface area contributed by atoms with Gasteiger partial charge in [-0.15, -0.1) is 11.3 Å². The second-order valence-corrected chi connectivity index (χ2v) is 17.0. The smallest absolute Gasteiger partial charge is 0.412 e. The third-order valence-electron chi connectivity index (χ3n) is 9.63. The van der Waals surface area contributed by atoms with Crippen molar-refractivity contribution >= 4 is 64.2 Å². The number of carboxylic acid groups (broad SMARTS) is 2. The number of amides is 2. The molecule has 0 saturated heterocycles. The van der Waals surface area contributed by atoms with Crippen molar-refractivity contribution < 1.29 is 57.9 Å². The molecule has 1 aliphatic carbocycles. The van der Waals surface area contributed by atoms with E-state index in [1.54, 1.807) is 83.3 Å². The predicted molar refractivity (Wildman–Crippen MR) is 220 cm³/mol. The van der Waals surface area contributed by atoms with Crippen molar-refractivity contribution in [2.75, 3.05) is 17.7 Å². The minimum atomic E-state index is -2.22. The summed E-state index contributed by atoms with van der Waals surface area (Å²) in [5, 5.41) is 29.1. The first-order valence-corrected chi connectivity index (χ1v) is 19.3. The molecule has 14 nitrogen and oxygen atoms in total. The van der Waals surface area contributed by atoms with Gasteiger partial charge in [0.25, 0.3) is 0 Å². The molecule has 3 aromatic carbocycles. The minimum absolute atomic E-state index is 0.0118. The van der Waals surface area contributed by atoms with Crippen LogP contribution >= 0.6 is 11.3 Å². The van der Waals surface area contributed by atoms with Crippen molar-refractivity contribution in [2.24, 2.45) is 10.8 Å². The van der Waals surface area contributed by atoms with Crippen LogP contribution in [0.15, 0.2) is 90.8 Å². The Kier molecular flexibility index (Phi) is 12.4. The fraction of sp³-hybridized carbons (Fsp3) is 0.318. The van der Waals surface area contributed by atoms with E-state index in [0.29, 0.717) is 21.8 Å². The number of carbonyl (C=O) groups excluding carboxylic acids is 4. The van der Waals surface area contributed by atoms with Gasteiger partial charge in [-0.2, -0.15) is 0 Å². The maximum Gasteiger partial charge on any atom is 0.412 e. The van der Waals surface area contributed by atoms with Crippen LogP contribution < -0.4 is 20.1 Å². The summed E-state index contributed by atoms with van der Waals surface area (Å²) in [7, 11) is 1.32. The average Bonchev–Trinajstić information content (AvgIpc) is 3.39. The van der Waals surface area contributed by atoms with Gasteiger partial charge in [0.05, 0.1) is 12.5 Å². The predicted octanol–water partition coefficient (Wildman–Crippen LogP) is 9.29. The van der Waals surface area contributed by atoms with Crippen LogP contribution in [0.5, 0.6) is 11.5 Å². The molecule has 3 atom stereocenters. The minimum Gasteiger partial charge on any atom is -0.493 e. The monoisotopic (exact) mass is 826 g/mol. The number of anilines is 2. The molecule has 1 aliphatic rings. The van der Waals surface area contributed by atoms with Gasteiger partial charge in [0.15, 0.2) is 17.3 Å². The Morgan fingerprint density at radius 1 is 0.712 bits per heavy atom. The highest BCUT2D eigenvalue weighted by Gasteiger charge is 2.85. The van der Waals surface area contributed by atoms with Gasteiger partial charge < -0.3 is 29.2 Å². The van der Waals surface area contributed by atoms with E-state index in [4.69, 9.17) is 18.9 Å². The first-order chi connectivity index (χ1) is 27.6. The molecular weight excluding hydrogens is 781 g/mol. The van der Waals surface area contributed by atoms with Gasteiger partial charge in [-0.3, -0.25) is 25.0 Å². The number of ether oxygens (including phenoxy) is 4. The molecular formula is C44H46N2O12S. The molecule has 310 valence electrons. The van der Waals surface area contributed by atoms with Crippen molar-refractivity contribution in [3.63, 3.8) is 0 Å². The van der Waals surface area contributed by atoms with E-state index in [0.717, 1.165) is 0 Å². The van der Waals surface area contributed by atoms with Crippen molar-refractivity contribution in [1.82, 2.24) is 0 Å². The van der Waals surface area contributed by atoms with E-state index < -0.39 is 76.7 Å². The van der Waals surface area contributed by atoms with Crippen molar-refractivity contribution in [3.8, 4) is 11.5 Å². The lowest BCUT2D eigenvalue weighted by atomic mass is 9.81. The molecule has 2 amide bonds. The summed E-state index contributed by atoms with van der Waals surface area (Å²) in [6.45, 7) is 14.4. The number of Topliss-reactive ketones (excluding diaryl/α,β-unsaturated/α-hetero) is 1. The molecule has 3 unspecified atom stereocenters. The quantitative estimate of drug-likeness (QED) is 0.0534. The highest BCUT2D eigenvalue weighted by molar-refractivity contribution is 7.12. The first kappa shape index (κ1) is 43.6. The lowest BCUT2D eigenvalue weighted by molar-refractivity contribution is -0.153. The van der Waals surface area contributed by atoms with E-state index in [-0.39, 0.29) is 28.2 Å². The lowest BCUT2D eigenvalue weighted by Crippen LogP contribution is -2.32. The zero-order valence-electron chi connectivity index (χ0n) is 33.7. The van der Waals surface area contributed by atoms with Gasteiger partial charge in [0, 0.05) is 29.3 Å².